The zero-order valence-electron chi connectivity index (χ0n) is 6.72. The predicted molar refractivity (Wildman–Crippen MR) is 36.5 cm³/mol. The number of Topliss-reactive ketones (excluding diaryl/α,β-unsaturated/α-hetero) is 1. The lowest BCUT2D eigenvalue weighted by Gasteiger charge is -2.13. The minimum Gasteiger partial charge on any atom is -0.463 e. The minimum absolute atomic E-state index is 0.491. The number of hydrogen-bond acceptors (Lipinski definition) is 3. The molecule has 0 atom stereocenters. The Labute approximate surface area is 60.4 Å². The van der Waals surface area contributed by atoms with Gasteiger partial charge in [-0.2, -0.15) is 0 Å². The van der Waals surface area contributed by atoms with Crippen molar-refractivity contribution in [3.05, 3.63) is 0 Å². The molecule has 0 saturated heterocycles. The van der Waals surface area contributed by atoms with Gasteiger partial charge in [0.2, 0.25) is 5.78 Å². The summed E-state index contributed by atoms with van der Waals surface area (Å²) in [5, 5.41) is 0. The maximum Gasteiger partial charge on any atom is 0.374 e. The molecule has 0 aromatic carbocycles. The topological polar surface area (TPSA) is 43.4 Å². The van der Waals surface area contributed by atoms with Gasteiger partial charge >= 0.3 is 5.97 Å². The van der Waals surface area contributed by atoms with Crippen LogP contribution in [0.2, 0.25) is 0 Å². The third-order valence-corrected chi connectivity index (χ3v) is 1.05. The van der Waals surface area contributed by atoms with Gasteiger partial charge < -0.3 is 4.74 Å². The Balaban J connectivity index is 4.24. The van der Waals surface area contributed by atoms with E-state index in [1.807, 2.05) is 0 Å². The predicted octanol–water partition coefficient (Wildman–Crippen LogP) is 0.775. The molecule has 0 aromatic rings. The van der Waals surface area contributed by atoms with E-state index in [0.717, 1.165) is 0 Å². The molecule has 0 unspecified atom stereocenters. The lowest BCUT2D eigenvalue weighted by molar-refractivity contribution is -0.155. The van der Waals surface area contributed by atoms with E-state index in [9.17, 15) is 9.59 Å². The minimum atomic E-state index is -0.771. The van der Waals surface area contributed by atoms with Gasteiger partial charge in [-0.1, -0.05) is 20.8 Å². The van der Waals surface area contributed by atoms with Crippen LogP contribution in [0.1, 0.15) is 20.8 Å². The van der Waals surface area contributed by atoms with Crippen LogP contribution >= 0.6 is 0 Å². The van der Waals surface area contributed by atoms with E-state index >= 15 is 0 Å². The molecule has 0 aliphatic heterocycles. The molecule has 0 N–H and O–H groups in total. The lowest BCUT2D eigenvalue weighted by atomic mass is 9.91. The third-order valence-electron chi connectivity index (χ3n) is 1.05. The average molecular weight is 144 g/mol. The zero-order chi connectivity index (χ0) is 8.36. The molecule has 0 aliphatic carbocycles. The number of carbonyl (C=O) groups excluding carboxylic acids is 2. The molecule has 0 aromatic heterocycles. The molecule has 0 aliphatic rings. The molecule has 0 amide bonds. The highest BCUT2D eigenvalue weighted by Gasteiger charge is 2.28. The molecule has 58 valence electrons. The molecule has 0 saturated carbocycles. The first-order valence-electron chi connectivity index (χ1n) is 3.02. The highest BCUT2D eigenvalue weighted by molar-refractivity contribution is 6.35. The highest BCUT2D eigenvalue weighted by atomic mass is 16.5. The van der Waals surface area contributed by atoms with Gasteiger partial charge in [0.1, 0.15) is 0 Å². The number of rotatable bonds is 1. The summed E-state index contributed by atoms with van der Waals surface area (Å²) in [6.07, 6.45) is 0. The van der Waals surface area contributed by atoms with Gasteiger partial charge in [0.15, 0.2) is 0 Å². The normalized spacial score (nSPS) is 10.8. The fourth-order valence-corrected chi connectivity index (χ4v) is 0.399. The van der Waals surface area contributed by atoms with E-state index in [1.54, 1.807) is 20.8 Å². The van der Waals surface area contributed by atoms with Gasteiger partial charge in [-0.25, -0.2) is 4.79 Å². The number of esters is 1. The molecule has 0 spiro atoms. The standard InChI is InChI=1S/C7H12O3/c1-7(2,3)5(8)6(9)10-4/h1-4H3. The molecule has 3 heteroatoms. The number of ether oxygens (including phenoxy) is 1. The van der Waals surface area contributed by atoms with E-state index in [-0.39, 0.29) is 0 Å². The molecule has 0 heterocycles. The average Bonchev–Trinajstić information content (AvgIpc) is 1.83. The summed E-state index contributed by atoms with van der Waals surface area (Å²) < 4.78 is 4.25. The van der Waals surface area contributed by atoms with Gasteiger partial charge in [-0.05, 0) is 0 Å². The molecule has 0 radical (unpaired) electrons. The molecule has 0 fully saturated rings. The van der Waals surface area contributed by atoms with Crippen LogP contribution in [-0.2, 0) is 14.3 Å². The Morgan fingerprint density at radius 2 is 1.60 bits per heavy atom. The van der Waals surface area contributed by atoms with Crippen LogP contribution < -0.4 is 0 Å². The smallest absolute Gasteiger partial charge is 0.374 e. The Hall–Kier alpha value is -0.860. The van der Waals surface area contributed by atoms with Gasteiger partial charge in [0.25, 0.3) is 0 Å². The van der Waals surface area contributed by atoms with Crippen LogP contribution in [0.3, 0.4) is 0 Å². The molecule has 3 nitrogen and oxygen atoms in total. The molecular weight excluding hydrogens is 132 g/mol. The van der Waals surface area contributed by atoms with Crippen LogP contribution in [0, 0.1) is 5.41 Å². The van der Waals surface area contributed by atoms with Crippen molar-refractivity contribution in [2.75, 3.05) is 7.11 Å². The molecular formula is C7H12O3. The first-order chi connectivity index (χ1) is 4.39. The van der Waals surface area contributed by atoms with Crippen molar-refractivity contribution >= 4 is 11.8 Å². The fraction of sp³-hybridized carbons (Fsp3) is 0.714. The quantitative estimate of drug-likeness (QED) is 0.403. The van der Waals surface area contributed by atoms with E-state index in [2.05, 4.69) is 4.74 Å². The summed E-state index contributed by atoms with van der Waals surface area (Å²) >= 11 is 0. The van der Waals surface area contributed by atoms with Crippen molar-refractivity contribution in [3.8, 4) is 0 Å². The monoisotopic (exact) mass is 144 g/mol. The fourth-order valence-electron chi connectivity index (χ4n) is 0.399. The summed E-state index contributed by atoms with van der Waals surface area (Å²) in [4.78, 5) is 21.5. The summed E-state index contributed by atoms with van der Waals surface area (Å²) in [5.74, 6) is -1.26. The Bertz CT molecular complexity index is 153. The van der Waals surface area contributed by atoms with Crippen molar-refractivity contribution in [2.24, 2.45) is 5.41 Å². The van der Waals surface area contributed by atoms with Crippen LogP contribution in [0.4, 0.5) is 0 Å². The number of methoxy groups -OCH3 is 1. The Kier molecular flexibility index (Phi) is 2.57. The van der Waals surface area contributed by atoms with Crippen LogP contribution in [0.25, 0.3) is 0 Å². The lowest BCUT2D eigenvalue weighted by Crippen LogP contribution is -2.29. The van der Waals surface area contributed by atoms with E-state index < -0.39 is 17.2 Å². The zero-order valence-corrected chi connectivity index (χ0v) is 6.72. The first kappa shape index (κ1) is 9.14. The second-order valence-electron chi connectivity index (χ2n) is 3.07. The summed E-state index contributed by atoms with van der Waals surface area (Å²) in [7, 11) is 1.20. The van der Waals surface area contributed by atoms with E-state index in [4.69, 9.17) is 0 Å². The highest BCUT2D eigenvalue weighted by Crippen LogP contribution is 2.14. The number of carbonyl (C=O) groups is 2. The largest absolute Gasteiger partial charge is 0.463 e. The van der Waals surface area contributed by atoms with Crippen LogP contribution in [0.15, 0.2) is 0 Å². The SMILES string of the molecule is COC(=O)C(=O)C(C)(C)C. The third kappa shape index (κ3) is 2.17. The molecule has 10 heavy (non-hydrogen) atoms. The van der Waals surface area contributed by atoms with Crippen molar-refractivity contribution in [2.45, 2.75) is 20.8 Å². The van der Waals surface area contributed by atoms with Crippen molar-refractivity contribution < 1.29 is 14.3 Å². The summed E-state index contributed by atoms with van der Waals surface area (Å²) in [6.45, 7) is 5.02. The van der Waals surface area contributed by atoms with Crippen molar-refractivity contribution in [1.29, 1.82) is 0 Å². The van der Waals surface area contributed by atoms with Crippen LogP contribution in [0.5, 0.6) is 0 Å². The first-order valence-corrected chi connectivity index (χ1v) is 3.02. The van der Waals surface area contributed by atoms with Crippen LogP contribution in [-0.4, -0.2) is 18.9 Å². The van der Waals surface area contributed by atoms with Gasteiger partial charge in [-0.3, -0.25) is 4.79 Å². The van der Waals surface area contributed by atoms with E-state index in [1.165, 1.54) is 7.11 Å². The number of hydrogen-bond donors (Lipinski definition) is 0. The van der Waals surface area contributed by atoms with Gasteiger partial charge in [0, 0.05) is 5.41 Å². The molecule has 0 rings (SSSR count). The second kappa shape index (κ2) is 2.82. The van der Waals surface area contributed by atoms with Crippen molar-refractivity contribution in [1.82, 2.24) is 0 Å². The second-order valence-corrected chi connectivity index (χ2v) is 3.07. The maximum absolute atomic E-state index is 10.9. The van der Waals surface area contributed by atoms with Crippen molar-refractivity contribution in [3.63, 3.8) is 0 Å². The Morgan fingerprint density at radius 1 is 1.20 bits per heavy atom. The van der Waals surface area contributed by atoms with Gasteiger partial charge in [-0.15, -0.1) is 0 Å². The number of ketones is 1. The maximum atomic E-state index is 10.9. The van der Waals surface area contributed by atoms with Gasteiger partial charge in [0.05, 0.1) is 7.11 Å². The Morgan fingerprint density at radius 3 is 1.70 bits per heavy atom. The summed E-state index contributed by atoms with van der Waals surface area (Å²) in [6, 6.07) is 0. The summed E-state index contributed by atoms with van der Waals surface area (Å²) in [5.41, 5.74) is -0.632. The van der Waals surface area contributed by atoms with E-state index in [0.29, 0.717) is 0 Å². The molecule has 0 bridgehead atoms.